The van der Waals surface area contributed by atoms with Gasteiger partial charge in [-0.2, -0.15) is 0 Å². The maximum Gasteiger partial charge on any atom is 0.293 e. The van der Waals surface area contributed by atoms with Crippen LogP contribution in [0.25, 0.3) is 0 Å². The monoisotopic (exact) mass is 292 g/mol. The van der Waals surface area contributed by atoms with Crippen molar-refractivity contribution < 1.29 is 9.90 Å². The predicted molar refractivity (Wildman–Crippen MR) is 77.8 cm³/mol. The number of carbonyl (C=O) groups is 1. The molecule has 0 radical (unpaired) electrons. The molecule has 1 aliphatic carbocycles. The summed E-state index contributed by atoms with van der Waals surface area (Å²) in [5.41, 5.74) is -0.554. The fraction of sp³-hybridized carbons (Fsp3) is 0.800. The van der Waals surface area contributed by atoms with E-state index < -0.39 is 5.60 Å². The number of aliphatic hydroxyl groups is 1. The number of amides is 1. The number of aromatic amines is 1. The van der Waals surface area contributed by atoms with Crippen LogP contribution in [-0.4, -0.2) is 49.8 Å². The van der Waals surface area contributed by atoms with Crippen LogP contribution in [0, 0.1) is 5.92 Å². The maximum absolute atomic E-state index is 12.5. The molecule has 2 fully saturated rings. The number of hydrogen-bond donors (Lipinski definition) is 2. The quantitative estimate of drug-likeness (QED) is 0.885. The Morgan fingerprint density at radius 3 is 3.14 bits per heavy atom. The van der Waals surface area contributed by atoms with Crippen LogP contribution in [0.4, 0.5) is 0 Å². The number of aromatic nitrogens is 3. The maximum atomic E-state index is 12.5. The number of piperidine rings is 1. The zero-order chi connectivity index (χ0) is 14.9. The van der Waals surface area contributed by atoms with Crippen LogP contribution in [0.15, 0.2) is 0 Å². The normalized spacial score (nSPS) is 29.2. The summed E-state index contributed by atoms with van der Waals surface area (Å²) in [6, 6.07) is 0. The van der Waals surface area contributed by atoms with Crippen molar-refractivity contribution in [3.63, 3.8) is 0 Å². The summed E-state index contributed by atoms with van der Waals surface area (Å²) in [6.07, 6.45) is 6.59. The van der Waals surface area contributed by atoms with Crippen molar-refractivity contribution in [2.24, 2.45) is 5.92 Å². The number of aryl methyl sites for hydroxylation is 1. The standard InChI is InChI=1S/C15H24N4O2/c1-2-5-12-16-13(18-17-12)14(20)19-9-8-15(21)7-4-3-6-11(15)10-19/h11,21H,2-10H2,1H3,(H,16,17,18). The molecule has 1 aliphatic heterocycles. The third-order valence-electron chi connectivity index (χ3n) is 4.92. The molecule has 116 valence electrons. The van der Waals surface area contributed by atoms with E-state index in [1.807, 2.05) is 4.90 Å². The second kappa shape index (κ2) is 5.75. The average molecular weight is 292 g/mol. The fourth-order valence-electron chi connectivity index (χ4n) is 3.64. The minimum absolute atomic E-state index is 0.110. The summed E-state index contributed by atoms with van der Waals surface area (Å²) < 4.78 is 0. The number of hydrogen-bond acceptors (Lipinski definition) is 4. The summed E-state index contributed by atoms with van der Waals surface area (Å²) in [6.45, 7) is 3.30. The smallest absolute Gasteiger partial charge is 0.293 e. The van der Waals surface area contributed by atoms with E-state index in [0.29, 0.717) is 19.5 Å². The van der Waals surface area contributed by atoms with Crippen molar-refractivity contribution in [3.8, 4) is 0 Å². The van der Waals surface area contributed by atoms with Crippen molar-refractivity contribution in [3.05, 3.63) is 11.6 Å². The molecule has 2 unspecified atom stereocenters. The van der Waals surface area contributed by atoms with Crippen molar-refractivity contribution in [1.82, 2.24) is 20.1 Å². The van der Waals surface area contributed by atoms with Gasteiger partial charge in [-0.3, -0.25) is 9.89 Å². The number of nitrogens with zero attached hydrogens (tertiary/aromatic N) is 3. The van der Waals surface area contributed by atoms with E-state index in [2.05, 4.69) is 22.1 Å². The van der Waals surface area contributed by atoms with Gasteiger partial charge in [0.2, 0.25) is 5.82 Å². The largest absolute Gasteiger partial charge is 0.389 e. The van der Waals surface area contributed by atoms with Crippen LogP contribution >= 0.6 is 0 Å². The van der Waals surface area contributed by atoms with Gasteiger partial charge in [0.15, 0.2) is 0 Å². The van der Waals surface area contributed by atoms with Gasteiger partial charge < -0.3 is 10.0 Å². The minimum Gasteiger partial charge on any atom is -0.389 e. The topological polar surface area (TPSA) is 82.1 Å². The predicted octanol–water partition coefficient (Wildman–Crippen LogP) is 1.52. The van der Waals surface area contributed by atoms with Gasteiger partial charge in [0.1, 0.15) is 5.82 Å². The second-order valence-corrected chi connectivity index (χ2v) is 6.40. The summed E-state index contributed by atoms with van der Waals surface area (Å²) in [7, 11) is 0. The number of H-pyrrole nitrogens is 1. The molecule has 2 aliphatic rings. The molecule has 2 N–H and O–H groups in total. The number of nitrogens with one attached hydrogen (secondary N) is 1. The first-order valence-electron chi connectivity index (χ1n) is 8.05. The van der Waals surface area contributed by atoms with Crippen LogP contribution in [0.1, 0.15) is 61.9 Å². The van der Waals surface area contributed by atoms with E-state index in [1.54, 1.807) is 0 Å². The average Bonchev–Trinajstić information content (AvgIpc) is 2.94. The molecule has 1 saturated carbocycles. The molecule has 3 rings (SSSR count). The van der Waals surface area contributed by atoms with Gasteiger partial charge in [-0.1, -0.05) is 19.8 Å². The van der Waals surface area contributed by atoms with Crippen LogP contribution in [0.3, 0.4) is 0 Å². The lowest BCUT2D eigenvalue weighted by Crippen LogP contribution is -2.54. The summed E-state index contributed by atoms with van der Waals surface area (Å²) in [5.74, 6) is 1.13. The molecular formula is C15H24N4O2. The highest BCUT2D eigenvalue weighted by Gasteiger charge is 2.44. The van der Waals surface area contributed by atoms with E-state index >= 15 is 0 Å². The lowest BCUT2D eigenvalue weighted by atomic mass is 9.71. The molecule has 6 nitrogen and oxygen atoms in total. The Kier molecular flexibility index (Phi) is 3.97. The fourth-order valence-corrected chi connectivity index (χ4v) is 3.64. The lowest BCUT2D eigenvalue weighted by Gasteiger charge is -2.47. The zero-order valence-corrected chi connectivity index (χ0v) is 12.6. The Labute approximate surface area is 124 Å². The van der Waals surface area contributed by atoms with Crippen LogP contribution in [0.5, 0.6) is 0 Å². The molecule has 1 aromatic heterocycles. The third-order valence-corrected chi connectivity index (χ3v) is 4.92. The summed E-state index contributed by atoms with van der Waals surface area (Å²) in [4.78, 5) is 18.6. The minimum atomic E-state index is -0.554. The first kappa shape index (κ1) is 14.5. The van der Waals surface area contributed by atoms with Crippen LogP contribution in [0.2, 0.25) is 0 Å². The Balaban J connectivity index is 1.68. The first-order chi connectivity index (χ1) is 10.1. The van der Waals surface area contributed by atoms with Crippen molar-refractivity contribution in [2.45, 2.75) is 57.5 Å². The first-order valence-corrected chi connectivity index (χ1v) is 8.05. The second-order valence-electron chi connectivity index (χ2n) is 6.40. The Morgan fingerprint density at radius 1 is 1.48 bits per heavy atom. The van der Waals surface area contributed by atoms with E-state index in [9.17, 15) is 9.90 Å². The SMILES string of the molecule is CCCc1nc(C(=O)N2CCC3(O)CCCCC3C2)n[nH]1. The van der Waals surface area contributed by atoms with Crippen LogP contribution < -0.4 is 0 Å². The van der Waals surface area contributed by atoms with Crippen molar-refractivity contribution in [1.29, 1.82) is 0 Å². The van der Waals surface area contributed by atoms with E-state index in [1.165, 1.54) is 0 Å². The highest BCUT2D eigenvalue weighted by molar-refractivity contribution is 5.90. The van der Waals surface area contributed by atoms with Gasteiger partial charge in [-0.25, -0.2) is 4.98 Å². The number of likely N-dealkylation sites (tertiary alicyclic amines) is 1. The summed E-state index contributed by atoms with van der Waals surface area (Å²) in [5, 5.41) is 17.5. The number of carbonyl (C=O) groups excluding carboxylic acids is 1. The Bertz CT molecular complexity index is 516. The molecule has 0 spiro atoms. The van der Waals surface area contributed by atoms with Gasteiger partial charge in [-0.05, 0) is 25.7 Å². The number of rotatable bonds is 3. The van der Waals surface area contributed by atoms with E-state index in [4.69, 9.17) is 0 Å². The Morgan fingerprint density at radius 2 is 2.33 bits per heavy atom. The molecular weight excluding hydrogens is 268 g/mol. The molecule has 2 atom stereocenters. The van der Waals surface area contributed by atoms with Gasteiger partial charge in [0, 0.05) is 25.4 Å². The third kappa shape index (κ3) is 2.81. The van der Waals surface area contributed by atoms with Crippen molar-refractivity contribution in [2.75, 3.05) is 13.1 Å². The van der Waals surface area contributed by atoms with Gasteiger partial charge in [0.05, 0.1) is 5.60 Å². The summed E-state index contributed by atoms with van der Waals surface area (Å²) >= 11 is 0. The van der Waals surface area contributed by atoms with Gasteiger partial charge in [-0.15, -0.1) is 5.10 Å². The number of fused-ring (bicyclic) bond motifs is 1. The molecule has 1 amide bonds. The highest BCUT2D eigenvalue weighted by atomic mass is 16.3. The van der Waals surface area contributed by atoms with E-state index in [-0.39, 0.29) is 17.6 Å². The van der Waals surface area contributed by atoms with Crippen LogP contribution in [-0.2, 0) is 6.42 Å². The van der Waals surface area contributed by atoms with Gasteiger partial charge in [0.25, 0.3) is 5.91 Å². The van der Waals surface area contributed by atoms with E-state index in [0.717, 1.165) is 44.3 Å². The lowest BCUT2D eigenvalue weighted by molar-refractivity contribution is -0.0887. The molecule has 1 saturated heterocycles. The molecule has 21 heavy (non-hydrogen) atoms. The van der Waals surface area contributed by atoms with Crippen molar-refractivity contribution >= 4 is 5.91 Å². The molecule has 1 aromatic rings. The Hall–Kier alpha value is -1.43. The van der Waals surface area contributed by atoms with Gasteiger partial charge >= 0.3 is 0 Å². The zero-order valence-electron chi connectivity index (χ0n) is 12.6. The molecule has 6 heteroatoms. The highest BCUT2D eigenvalue weighted by Crippen LogP contribution is 2.39. The molecule has 0 bridgehead atoms. The molecule has 0 aromatic carbocycles. The molecule has 2 heterocycles.